The van der Waals surface area contributed by atoms with Gasteiger partial charge in [0.1, 0.15) is 6.04 Å². The van der Waals surface area contributed by atoms with Crippen LogP contribution in [0, 0.1) is 0 Å². The topological polar surface area (TPSA) is 162 Å². The number of likely N-dealkylation sites (N-methyl/N-ethyl adjacent to an activating group) is 1. The van der Waals surface area contributed by atoms with Gasteiger partial charge < -0.3 is 29.6 Å². The quantitative estimate of drug-likeness (QED) is 0.179. The third kappa shape index (κ3) is 8.13. The highest BCUT2D eigenvalue weighted by Gasteiger charge is 2.45. The molecule has 0 radical (unpaired) electrons. The second-order valence-corrected chi connectivity index (χ2v) is 8.53. The summed E-state index contributed by atoms with van der Waals surface area (Å²) in [7, 11) is 1.86. The van der Waals surface area contributed by atoms with Crippen molar-refractivity contribution in [3.8, 4) is 0 Å². The molecular weight excluding hydrogens is 500 g/mol. The Labute approximate surface area is 220 Å². The lowest BCUT2D eigenvalue weighted by molar-refractivity contribution is -0.136. The molecule has 5 amide bonds. The first-order valence-corrected chi connectivity index (χ1v) is 12.5. The zero-order chi connectivity index (χ0) is 27.3. The van der Waals surface area contributed by atoms with Crippen molar-refractivity contribution in [2.24, 2.45) is 0 Å². The Morgan fingerprint density at radius 2 is 1.55 bits per heavy atom. The number of nitrogens with one attached hydrogen (secondary N) is 3. The molecule has 0 spiro atoms. The summed E-state index contributed by atoms with van der Waals surface area (Å²) in [4.78, 5) is 62.9. The lowest BCUT2D eigenvalue weighted by atomic mass is 10.0. The molecule has 3 rings (SSSR count). The maximum absolute atomic E-state index is 13.1. The molecule has 1 aromatic carbocycles. The zero-order valence-corrected chi connectivity index (χ0v) is 21.4. The number of anilines is 1. The first-order chi connectivity index (χ1) is 18.4. The zero-order valence-electron chi connectivity index (χ0n) is 21.4. The van der Waals surface area contributed by atoms with Crippen molar-refractivity contribution in [1.82, 2.24) is 15.5 Å². The third-order valence-corrected chi connectivity index (χ3v) is 5.83. The lowest BCUT2D eigenvalue weighted by Gasteiger charge is -2.27. The summed E-state index contributed by atoms with van der Waals surface area (Å²) in [6.45, 7) is 4.12. The van der Waals surface area contributed by atoms with E-state index in [2.05, 4.69) is 16.0 Å². The first-order valence-electron chi connectivity index (χ1n) is 12.5. The number of nitrogens with zero attached hydrogens (tertiary/aromatic N) is 1. The number of benzene rings is 1. The molecule has 1 unspecified atom stereocenters. The normalized spacial score (nSPS) is 17.1. The van der Waals surface area contributed by atoms with E-state index in [4.69, 9.17) is 18.9 Å². The Morgan fingerprint density at radius 1 is 0.921 bits per heavy atom. The van der Waals surface area contributed by atoms with Gasteiger partial charge in [0.2, 0.25) is 17.7 Å². The van der Waals surface area contributed by atoms with Crippen LogP contribution in [0.25, 0.3) is 0 Å². The van der Waals surface area contributed by atoms with Crippen molar-refractivity contribution in [3.05, 3.63) is 29.3 Å². The fourth-order valence-corrected chi connectivity index (χ4v) is 3.93. The van der Waals surface area contributed by atoms with E-state index in [0.717, 1.165) is 11.4 Å². The van der Waals surface area contributed by atoms with Crippen LogP contribution in [0.5, 0.6) is 0 Å². The van der Waals surface area contributed by atoms with Gasteiger partial charge in [-0.25, -0.2) is 0 Å². The summed E-state index contributed by atoms with van der Waals surface area (Å²) in [6.07, 6.45) is 0.108. The van der Waals surface area contributed by atoms with E-state index in [1.807, 2.05) is 7.05 Å². The van der Waals surface area contributed by atoms with Crippen molar-refractivity contribution >= 4 is 35.2 Å². The molecule has 2 aliphatic heterocycles. The summed E-state index contributed by atoms with van der Waals surface area (Å²) >= 11 is 0. The Kier molecular flexibility index (Phi) is 11.8. The predicted molar refractivity (Wildman–Crippen MR) is 134 cm³/mol. The average molecular weight is 535 g/mol. The van der Waals surface area contributed by atoms with E-state index >= 15 is 0 Å². The minimum absolute atomic E-state index is 0.0246. The van der Waals surface area contributed by atoms with Gasteiger partial charge >= 0.3 is 0 Å². The van der Waals surface area contributed by atoms with Crippen molar-refractivity contribution in [2.45, 2.75) is 25.3 Å². The Balaban J connectivity index is 1.34. The number of fused-ring (bicyclic) bond motifs is 1. The molecule has 1 aromatic rings. The maximum Gasteiger partial charge on any atom is 0.264 e. The minimum atomic E-state index is -1.08. The molecule has 1 saturated heterocycles. The van der Waals surface area contributed by atoms with Crippen LogP contribution in [-0.4, -0.2) is 107 Å². The number of piperidine rings is 1. The van der Waals surface area contributed by atoms with Gasteiger partial charge in [-0.2, -0.15) is 0 Å². The predicted octanol–water partition coefficient (Wildman–Crippen LogP) is -0.298. The molecule has 0 aliphatic carbocycles. The number of imide groups is 2. The van der Waals surface area contributed by atoms with E-state index in [-0.39, 0.29) is 42.7 Å². The van der Waals surface area contributed by atoms with Crippen molar-refractivity contribution in [2.75, 3.05) is 71.8 Å². The highest BCUT2D eigenvalue weighted by atomic mass is 16.6. The van der Waals surface area contributed by atoms with Crippen LogP contribution >= 0.6 is 0 Å². The fourth-order valence-electron chi connectivity index (χ4n) is 3.93. The monoisotopic (exact) mass is 534 g/mol. The van der Waals surface area contributed by atoms with Gasteiger partial charge in [-0.1, -0.05) is 6.07 Å². The molecule has 1 atom stereocenters. The minimum Gasteiger partial charge on any atom is -0.379 e. The summed E-state index contributed by atoms with van der Waals surface area (Å²) in [5, 5.41) is 7.79. The van der Waals surface area contributed by atoms with Gasteiger partial charge in [0, 0.05) is 13.0 Å². The average Bonchev–Trinajstić information content (AvgIpc) is 3.15. The number of ether oxygens (including phenoxy) is 4. The number of hydrogen-bond acceptors (Lipinski definition) is 10. The molecule has 38 heavy (non-hydrogen) atoms. The van der Waals surface area contributed by atoms with Gasteiger partial charge in [0.25, 0.3) is 11.8 Å². The maximum atomic E-state index is 13.1. The smallest absolute Gasteiger partial charge is 0.264 e. The van der Waals surface area contributed by atoms with Crippen LogP contribution in [0.2, 0.25) is 0 Å². The van der Waals surface area contributed by atoms with Gasteiger partial charge in [-0.05, 0) is 25.6 Å². The lowest BCUT2D eigenvalue weighted by Crippen LogP contribution is -2.54. The summed E-state index contributed by atoms with van der Waals surface area (Å²) in [5.74, 6) is -2.86. The number of hydrogen-bond donors (Lipinski definition) is 3. The molecule has 13 heteroatoms. The highest BCUT2D eigenvalue weighted by Crippen LogP contribution is 2.32. The second kappa shape index (κ2) is 15.2. The number of rotatable bonds is 17. The van der Waals surface area contributed by atoms with Crippen molar-refractivity contribution in [3.63, 3.8) is 0 Å². The Bertz CT molecular complexity index is 1020. The molecule has 0 bridgehead atoms. The summed E-state index contributed by atoms with van der Waals surface area (Å²) < 4.78 is 21.5. The van der Waals surface area contributed by atoms with E-state index in [9.17, 15) is 24.0 Å². The van der Waals surface area contributed by atoms with E-state index in [1.165, 1.54) is 12.1 Å². The molecule has 3 N–H and O–H groups in total. The Morgan fingerprint density at radius 3 is 2.18 bits per heavy atom. The van der Waals surface area contributed by atoms with Crippen LogP contribution in [0.1, 0.15) is 40.0 Å². The largest absolute Gasteiger partial charge is 0.379 e. The Hall–Kier alpha value is -3.23. The molecule has 2 aliphatic rings. The van der Waals surface area contributed by atoms with Crippen LogP contribution in [0.4, 0.5) is 5.69 Å². The van der Waals surface area contributed by atoms with Crippen LogP contribution < -0.4 is 16.0 Å². The van der Waals surface area contributed by atoms with E-state index < -0.39 is 35.6 Å². The number of carbonyl (C=O) groups is 5. The first kappa shape index (κ1) is 29.3. The number of carbonyl (C=O) groups excluding carboxylic acids is 5. The summed E-state index contributed by atoms with van der Waals surface area (Å²) in [6, 6.07) is 3.45. The van der Waals surface area contributed by atoms with Gasteiger partial charge in [-0.15, -0.1) is 0 Å². The van der Waals surface area contributed by atoms with E-state index in [1.54, 1.807) is 6.07 Å². The number of amides is 5. The molecule has 208 valence electrons. The van der Waals surface area contributed by atoms with E-state index in [0.29, 0.717) is 46.2 Å². The highest BCUT2D eigenvalue weighted by molar-refractivity contribution is 6.26. The second-order valence-electron chi connectivity index (χ2n) is 8.53. The molecule has 0 saturated carbocycles. The van der Waals surface area contributed by atoms with Crippen LogP contribution in [0.15, 0.2) is 18.2 Å². The van der Waals surface area contributed by atoms with Crippen molar-refractivity contribution in [1.29, 1.82) is 0 Å². The molecule has 1 fully saturated rings. The van der Waals surface area contributed by atoms with Crippen LogP contribution in [0.3, 0.4) is 0 Å². The molecule has 2 heterocycles. The summed E-state index contributed by atoms with van der Waals surface area (Å²) in [5.41, 5.74) is 0.296. The van der Waals surface area contributed by atoms with Gasteiger partial charge in [0.15, 0.2) is 0 Å². The molecule has 0 aromatic heterocycles. The molecule has 13 nitrogen and oxygen atoms in total. The molecular formula is C25H34N4O9. The fraction of sp³-hybridized carbons (Fsp3) is 0.560. The standard InChI is InChI=1S/C25H34N4O9/c1-26-8-10-36-12-14-38-16-15-37-13-11-35-9-7-21(31)27-18-4-2-3-17-22(18)25(34)29(24(17)33)19-5-6-20(30)28-23(19)32/h2-4,19,26H,5-16H2,1H3,(H,27,31)(H,28,30,32). The third-order valence-electron chi connectivity index (χ3n) is 5.83. The van der Waals surface area contributed by atoms with Crippen LogP contribution in [-0.2, 0) is 33.3 Å². The van der Waals surface area contributed by atoms with Crippen molar-refractivity contribution < 1.29 is 42.9 Å². The van der Waals surface area contributed by atoms with Gasteiger partial charge in [-0.3, -0.25) is 34.2 Å². The van der Waals surface area contributed by atoms with Gasteiger partial charge in [0.05, 0.1) is 76.1 Å². The SMILES string of the molecule is CNCCOCCOCCOCCOCCC(=O)Nc1cccc2c1C(=O)N(C1CCC(=O)NC1=O)C2=O.